The fourth-order valence-corrected chi connectivity index (χ4v) is 1.91. The summed E-state index contributed by atoms with van der Waals surface area (Å²) in [6.45, 7) is 7.09. The minimum Gasteiger partial charge on any atom is -0.369 e. The molecule has 1 heterocycles. The van der Waals surface area contributed by atoms with E-state index in [1.54, 1.807) is 0 Å². The van der Waals surface area contributed by atoms with Gasteiger partial charge < -0.3 is 16.4 Å². The molecule has 0 bridgehead atoms. The van der Waals surface area contributed by atoms with Crippen molar-refractivity contribution in [2.45, 2.75) is 52.1 Å². The van der Waals surface area contributed by atoms with Crippen LogP contribution in [0.3, 0.4) is 0 Å². The molecule has 0 aromatic rings. The Balaban J connectivity index is 2.55. The summed E-state index contributed by atoms with van der Waals surface area (Å²) in [5.74, 6) is 0.751. The third-order valence-electron chi connectivity index (χ3n) is 2.79. The molecule has 4 N–H and O–H groups in total. The molecule has 16 heavy (non-hydrogen) atoms. The number of hydrogen-bond donors (Lipinski definition) is 2. The van der Waals surface area contributed by atoms with Crippen LogP contribution in [0.5, 0.6) is 0 Å². The van der Waals surface area contributed by atoms with Crippen LogP contribution in [-0.2, 0) is 0 Å². The van der Waals surface area contributed by atoms with Crippen LogP contribution >= 0.6 is 0 Å². The Bertz CT molecular complexity index is 293. The zero-order chi connectivity index (χ0) is 12.2. The first-order valence-corrected chi connectivity index (χ1v) is 5.94. The number of rotatable bonds is 5. The minimum atomic E-state index is -0.373. The molecule has 0 atom stereocenters. The molecule has 1 rings (SSSR count). The van der Waals surface area contributed by atoms with Gasteiger partial charge in [0.2, 0.25) is 11.9 Å². The SMILES string of the molecule is CCCCCCN1C(N)=NC(N)=NC1(C)C. The van der Waals surface area contributed by atoms with Crippen molar-refractivity contribution < 1.29 is 0 Å². The number of aliphatic imine (C=N–C) groups is 2. The van der Waals surface area contributed by atoms with Crippen LogP contribution in [0.15, 0.2) is 9.98 Å². The van der Waals surface area contributed by atoms with Gasteiger partial charge in [-0.3, -0.25) is 0 Å². The normalized spacial score (nSPS) is 19.3. The summed E-state index contributed by atoms with van der Waals surface area (Å²) in [5.41, 5.74) is 11.1. The molecule has 0 aromatic carbocycles. The molecule has 1 aliphatic rings. The van der Waals surface area contributed by atoms with Gasteiger partial charge >= 0.3 is 0 Å². The van der Waals surface area contributed by atoms with Gasteiger partial charge in [-0.2, -0.15) is 4.99 Å². The van der Waals surface area contributed by atoms with Crippen LogP contribution in [0.25, 0.3) is 0 Å². The lowest BCUT2D eigenvalue weighted by Crippen LogP contribution is -2.54. The van der Waals surface area contributed by atoms with E-state index in [2.05, 4.69) is 16.9 Å². The maximum absolute atomic E-state index is 5.87. The largest absolute Gasteiger partial charge is 0.369 e. The first-order chi connectivity index (χ1) is 7.47. The maximum atomic E-state index is 5.87. The minimum absolute atomic E-state index is 0.271. The predicted octanol–water partition coefficient (Wildman–Crippen LogP) is 1.25. The lowest BCUT2D eigenvalue weighted by Gasteiger charge is -2.38. The number of hydrogen-bond acceptors (Lipinski definition) is 5. The van der Waals surface area contributed by atoms with Gasteiger partial charge in [0.05, 0.1) is 0 Å². The van der Waals surface area contributed by atoms with E-state index in [-0.39, 0.29) is 11.6 Å². The fourth-order valence-electron chi connectivity index (χ4n) is 1.91. The van der Waals surface area contributed by atoms with Crippen molar-refractivity contribution in [3.05, 3.63) is 0 Å². The van der Waals surface area contributed by atoms with Gasteiger partial charge in [-0.25, -0.2) is 4.99 Å². The molecule has 0 amide bonds. The summed E-state index contributed by atoms with van der Waals surface area (Å²) >= 11 is 0. The summed E-state index contributed by atoms with van der Waals surface area (Å²) < 4.78 is 0. The lowest BCUT2D eigenvalue weighted by molar-refractivity contribution is 0.214. The first-order valence-electron chi connectivity index (χ1n) is 5.94. The molecule has 5 nitrogen and oxygen atoms in total. The van der Waals surface area contributed by atoms with Crippen LogP contribution < -0.4 is 11.5 Å². The van der Waals surface area contributed by atoms with Crippen LogP contribution in [0.4, 0.5) is 0 Å². The summed E-state index contributed by atoms with van der Waals surface area (Å²) in [5, 5.41) is 0. The Morgan fingerprint density at radius 2 is 1.88 bits per heavy atom. The van der Waals surface area contributed by atoms with Crippen molar-refractivity contribution in [3.63, 3.8) is 0 Å². The maximum Gasteiger partial charge on any atom is 0.220 e. The van der Waals surface area contributed by atoms with Crippen molar-refractivity contribution in [2.24, 2.45) is 21.5 Å². The Kier molecular flexibility index (Phi) is 4.15. The summed E-state index contributed by atoms with van der Waals surface area (Å²) in [4.78, 5) is 10.3. The van der Waals surface area contributed by atoms with Gasteiger partial charge in [0, 0.05) is 6.54 Å². The van der Waals surface area contributed by atoms with E-state index in [1.807, 2.05) is 18.7 Å². The molecule has 0 fully saturated rings. The van der Waals surface area contributed by atoms with Crippen molar-refractivity contribution in [2.75, 3.05) is 6.54 Å². The van der Waals surface area contributed by atoms with E-state index < -0.39 is 0 Å². The Hall–Kier alpha value is -1.26. The fraction of sp³-hybridized carbons (Fsp3) is 0.818. The second kappa shape index (κ2) is 5.18. The third-order valence-corrected chi connectivity index (χ3v) is 2.79. The van der Waals surface area contributed by atoms with E-state index in [9.17, 15) is 0 Å². The predicted molar refractivity (Wildman–Crippen MR) is 68.2 cm³/mol. The van der Waals surface area contributed by atoms with E-state index in [0.717, 1.165) is 13.0 Å². The first kappa shape index (κ1) is 12.8. The Labute approximate surface area is 97.6 Å². The van der Waals surface area contributed by atoms with Crippen LogP contribution in [0.1, 0.15) is 46.5 Å². The van der Waals surface area contributed by atoms with Crippen molar-refractivity contribution in [1.82, 2.24) is 4.90 Å². The molecule has 0 saturated carbocycles. The van der Waals surface area contributed by atoms with Gasteiger partial charge in [0.25, 0.3) is 0 Å². The Morgan fingerprint density at radius 3 is 2.44 bits per heavy atom. The topological polar surface area (TPSA) is 80.0 Å². The number of unbranched alkanes of at least 4 members (excludes halogenated alkanes) is 3. The van der Waals surface area contributed by atoms with Gasteiger partial charge in [-0.1, -0.05) is 26.2 Å². The molecule has 5 heteroatoms. The molecule has 92 valence electrons. The molecule has 0 aromatic heterocycles. The highest BCUT2D eigenvalue weighted by molar-refractivity contribution is 5.95. The molecular weight excluding hydrogens is 202 g/mol. The number of nitrogens with two attached hydrogens (primary N) is 2. The highest BCUT2D eigenvalue weighted by Crippen LogP contribution is 2.20. The van der Waals surface area contributed by atoms with Gasteiger partial charge in [-0.05, 0) is 20.3 Å². The molecular formula is C11H23N5. The molecule has 0 aliphatic carbocycles. The number of guanidine groups is 2. The monoisotopic (exact) mass is 225 g/mol. The zero-order valence-corrected chi connectivity index (χ0v) is 10.5. The van der Waals surface area contributed by atoms with E-state index >= 15 is 0 Å². The van der Waals surface area contributed by atoms with Gasteiger partial charge in [-0.15, -0.1) is 0 Å². The Morgan fingerprint density at radius 1 is 1.19 bits per heavy atom. The second-order valence-electron chi connectivity index (χ2n) is 4.65. The number of nitrogens with zero attached hydrogens (tertiary/aromatic N) is 3. The van der Waals surface area contributed by atoms with E-state index in [4.69, 9.17) is 11.5 Å². The highest BCUT2D eigenvalue weighted by Gasteiger charge is 2.30. The summed E-state index contributed by atoms with van der Waals surface area (Å²) in [6, 6.07) is 0. The van der Waals surface area contributed by atoms with Crippen molar-refractivity contribution in [1.29, 1.82) is 0 Å². The van der Waals surface area contributed by atoms with Crippen LogP contribution in [0, 0.1) is 0 Å². The third kappa shape index (κ3) is 3.12. The molecule has 0 unspecified atom stereocenters. The van der Waals surface area contributed by atoms with Crippen LogP contribution in [-0.4, -0.2) is 29.0 Å². The van der Waals surface area contributed by atoms with Crippen molar-refractivity contribution >= 4 is 11.9 Å². The summed E-state index contributed by atoms with van der Waals surface area (Å²) in [6.07, 6.45) is 4.83. The quantitative estimate of drug-likeness (QED) is 0.691. The lowest BCUT2D eigenvalue weighted by atomic mass is 10.1. The standard InChI is InChI=1S/C11H23N5/c1-4-5-6-7-8-16-10(13)14-9(12)15-11(16,2)3/h4-8H2,1-3H3,(H4,12,13,14,15). The average molecular weight is 225 g/mol. The highest BCUT2D eigenvalue weighted by atomic mass is 15.4. The van der Waals surface area contributed by atoms with Gasteiger partial charge in [0.15, 0.2) is 0 Å². The molecule has 1 aliphatic heterocycles. The van der Waals surface area contributed by atoms with E-state index in [1.165, 1.54) is 19.3 Å². The summed E-state index contributed by atoms with van der Waals surface area (Å²) in [7, 11) is 0. The smallest absolute Gasteiger partial charge is 0.220 e. The van der Waals surface area contributed by atoms with Gasteiger partial charge in [0.1, 0.15) is 5.66 Å². The van der Waals surface area contributed by atoms with Crippen molar-refractivity contribution in [3.8, 4) is 0 Å². The average Bonchev–Trinajstić information content (AvgIpc) is 2.14. The molecule has 0 spiro atoms. The van der Waals surface area contributed by atoms with E-state index in [0.29, 0.717) is 5.96 Å². The molecule has 0 radical (unpaired) electrons. The van der Waals surface area contributed by atoms with Crippen LogP contribution in [0.2, 0.25) is 0 Å². The zero-order valence-electron chi connectivity index (χ0n) is 10.5. The second-order valence-corrected chi connectivity index (χ2v) is 4.65. The molecule has 0 saturated heterocycles.